The monoisotopic (exact) mass is 1040 g/mol. The number of carbonyl (C=O) groups is 3. The standard InChI is InChI=1S/C69H112O6/c1-4-7-10-13-16-19-22-25-27-29-31-33-34-36-37-39-41-44-47-50-53-56-59-62-68(71)74-65-66(64-73-67(70)61-58-55-52-49-46-43-24-21-18-15-12-9-6-3)75-69(72)63-60-57-54-51-48-45-42-40-38-35-32-30-28-26-23-20-17-14-11-8-5-2/h7,9-10,12,16,18-19,21,23,25-27,30-33,36-37,41,43-44,46,66H,4-6,8,11,13-15,17,20,22,24,28-29,34-35,38-40,42,45,47-65H2,1-3H3/b10-7-,12-9-,19-16-,21-18-,26-23-,27-25-,32-30-,33-31-,37-36-,44-41-,46-43-. The first-order valence-electron chi connectivity index (χ1n) is 30.7. The lowest BCUT2D eigenvalue weighted by Gasteiger charge is -2.18. The maximum Gasteiger partial charge on any atom is 0.306 e. The number of hydrogen-bond donors (Lipinski definition) is 0. The molecule has 0 saturated carbocycles. The van der Waals surface area contributed by atoms with Crippen LogP contribution in [0.3, 0.4) is 0 Å². The molecule has 0 aliphatic rings. The Labute approximate surface area is 462 Å². The molecule has 0 bridgehead atoms. The minimum absolute atomic E-state index is 0.107. The van der Waals surface area contributed by atoms with Gasteiger partial charge in [0.1, 0.15) is 13.2 Å². The first kappa shape index (κ1) is 70.5. The molecule has 0 spiro atoms. The van der Waals surface area contributed by atoms with Gasteiger partial charge in [0.2, 0.25) is 0 Å². The van der Waals surface area contributed by atoms with E-state index in [1.807, 2.05) is 0 Å². The summed E-state index contributed by atoms with van der Waals surface area (Å²) in [4.78, 5) is 38.2. The number of allylic oxidation sites excluding steroid dienone is 22. The summed E-state index contributed by atoms with van der Waals surface area (Å²) in [7, 11) is 0. The summed E-state index contributed by atoms with van der Waals surface area (Å²) in [6, 6.07) is 0. The predicted molar refractivity (Wildman–Crippen MR) is 325 cm³/mol. The van der Waals surface area contributed by atoms with Gasteiger partial charge in [0.25, 0.3) is 0 Å². The van der Waals surface area contributed by atoms with Gasteiger partial charge in [0.15, 0.2) is 6.10 Å². The molecule has 0 radical (unpaired) electrons. The Bertz CT molecular complexity index is 1620. The van der Waals surface area contributed by atoms with Crippen molar-refractivity contribution in [2.75, 3.05) is 13.2 Å². The number of hydrogen-bond acceptors (Lipinski definition) is 6. The maximum atomic E-state index is 12.9. The Morgan fingerprint density at radius 1 is 0.280 bits per heavy atom. The fourth-order valence-electron chi connectivity index (χ4n) is 8.08. The molecule has 0 aromatic heterocycles. The van der Waals surface area contributed by atoms with Crippen molar-refractivity contribution >= 4 is 17.9 Å². The number of rotatable bonds is 54. The van der Waals surface area contributed by atoms with Crippen LogP contribution in [0.4, 0.5) is 0 Å². The highest BCUT2D eigenvalue weighted by molar-refractivity contribution is 5.71. The summed E-state index contributed by atoms with van der Waals surface area (Å²) in [6.45, 7) is 6.35. The lowest BCUT2D eigenvalue weighted by molar-refractivity contribution is -0.167. The Morgan fingerprint density at radius 2 is 0.520 bits per heavy atom. The van der Waals surface area contributed by atoms with E-state index in [9.17, 15) is 14.4 Å². The molecule has 424 valence electrons. The lowest BCUT2D eigenvalue weighted by atomic mass is 10.1. The van der Waals surface area contributed by atoms with Gasteiger partial charge in [-0.1, -0.05) is 244 Å². The van der Waals surface area contributed by atoms with E-state index in [2.05, 4.69) is 154 Å². The van der Waals surface area contributed by atoms with Gasteiger partial charge in [-0.25, -0.2) is 0 Å². The van der Waals surface area contributed by atoms with Gasteiger partial charge in [-0.3, -0.25) is 14.4 Å². The van der Waals surface area contributed by atoms with E-state index >= 15 is 0 Å². The summed E-state index contributed by atoms with van der Waals surface area (Å²) in [5.74, 6) is -0.964. The van der Waals surface area contributed by atoms with Crippen molar-refractivity contribution < 1.29 is 28.6 Å². The van der Waals surface area contributed by atoms with Crippen LogP contribution >= 0.6 is 0 Å². The zero-order chi connectivity index (χ0) is 54.3. The van der Waals surface area contributed by atoms with Crippen LogP contribution in [-0.4, -0.2) is 37.2 Å². The molecule has 1 atom stereocenters. The third-order valence-corrected chi connectivity index (χ3v) is 12.6. The molecule has 75 heavy (non-hydrogen) atoms. The molecule has 0 rings (SSSR count). The van der Waals surface area contributed by atoms with Gasteiger partial charge in [0.05, 0.1) is 0 Å². The Kier molecular flexibility index (Phi) is 58.4. The summed E-state index contributed by atoms with van der Waals surface area (Å²) < 4.78 is 16.9. The molecule has 0 heterocycles. The van der Waals surface area contributed by atoms with Crippen LogP contribution < -0.4 is 0 Å². The van der Waals surface area contributed by atoms with Gasteiger partial charge < -0.3 is 14.2 Å². The van der Waals surface area contributed by atoms with Crippen molar-refractivity contribution in [3.05, 3.63) is 134 Å². The second-order valence-electron chi connectivity index (χ2n) is 19.8. The Hall–Kier alpha value is -4.45. The van der Waals surface area contributed by atoms with Crippen molar-refractivity contribution in [2.24, 2.45) is 0 Å². The quantitative estimate of drug-likeness (QED) is 0.0261. The third-order valence-electron chi connectivity index (χ3n) is 12.6. The molecule has 6 heteroatoms. The van der Waals surface area contributed by atoms with Crippen LogP contribution in [0, 0.1) is 0 Å². The average molecular weight is 1040 g/mol. The molecular weight excluding hydrogens is 925 g/mol. The van der Waals surface area contributed by atoms with Crippen LogP contribution in [0.2, 0.25) is 0 Å². The SMILES string of the molecule is CC/C=C\C/C=C\C/C=C\C/C=C\C/C=C\C/C=C\CCCCCCC(=O)OCC(COC(=O)CCCCC/C=C\C/C=C\C/C=C\CC)OC(=O)CCCCCCCCCCC/C=C\C/C=C\CCCCCCC. The molecule has 6 nitrogen and oxygen atoms in total. The van der Waals surface area contributed by atoms with E-state index in [1.54, 1.807) is 0 Å². The average Bonchev–Trinajstić information content (AvgIpc) is 3.41. The zero-order valence-electron chi connectivity index (χ0n) is 48.5. The first-order chi connectivity index (χ1) is 37.0. The summed E-state index contributed by atoms with van der Waals surface area (Å²) in [5, 5.41) is 0. The molecular formula is C69H112O6. The van der Waals surface area contributed by atoms with Crippen molar-refractivity contribution in [2.45, 2.75) is 271 Å². The van der Waals surface area contributed by atoms with E-state index in [-0.39, 0.29) is 31.1 Å². The van der Waals surface area contributed by atoms with Gasteiger partial charge in [0, 0.05) is 19.3 Å². The van der Waals surface area contributed by atoms with Gasteiger partial charge in [-0.05, 0) is 135 Å². The predicted octanol–water partition coefficient (Wildman–Crippen LogP) is 21.0. The molecule has 0 amide bonds. The number of unbranched alkanes of at least 4 members (excludes halogenated alkanes) is 21. The van der Waals surface area contributed by atoms with Crippen LogP contribution in [0.25, 0.3) is 0 Å². The van der Waals surface area contributed by atoms with Crippen LogP contribution in [-0.2, 0) is 28.6 Å². The van der Waals surface area contributed by atoms with Crippen molar-refractivity contribution in [1.29, 1.82) is 0 Å². The van der Waals surface area contributed by atoms with Crippen LogP contribution in [0.15, 0.2) is 134 Å². The fraction of sp³-hybridized carbons (Fsp3) is 0.638. The van der Waals surface area contributed by atoms with Gasteiger partial charge >= 0.3 is 17.9 Å². The summed E-state index contributed by atoms with van der Waals surface area (Å²) in [6.07, 6.45) is 87.3. The number of ether oxygens (including phenoxy) is 3. The van der Waals surface area contributed by atoms with Crippen molar-refractivity contribution in [3.63, 3.8) is 0 Å². The third kappa shape index (κ3) is 60.3. The minimum atomic E-state index is -0.809. The zero-order valence-corrected chi connectivity index (χ0v) is 48.5. The summed E-state index contributed by atoms with van der Waals surface area (Å²) >= 11 is 0. The highest BCUT2D eigenvalue weighted by atomic mass is 16.6. The van der Waals surface area contributed by atoms with Crippen LogP contribution in [0.1, 0.15) is 265 Å². The Balaban J connectivity index is 4.45. The molecule has 0 aromatic carbocycles. The van der Waals surface area contributed by atoms with E-state index < -0.39 is 6.10 Å². The maximum absolute atomic E-state index is 12.9. The smallest absolute Gasteiger partial charge is 0.306 e. The molecule has 0 saturated heterocycles. The van der Waals surface area contributed by atoms with Crippen LogP contribution in [0.5, 0.6) is 0 Å². The number of carbonyl (C=O) groups excluding carboxylic acids is 3. The first-order valence-corrected chi connectivity index (χ1v) is 30.7. The molecule has 0 aromatic rings. The minimum Gasteiger partial charge on any atom is -0.462 e. The molecule has 1 unspecified atom stereocenters. The van der Waals surface area contributed by atoms with Gasteiger partial charge in [-0.15, -0.1) is 0 Å². The molecule has 0 aliphatic carbocycles. The van der Waals surface area contributed by atoms with Crippen molar-refractivity contribution in [3.8, 4) is 0 Å². The topological polar surface area (TPSA) is 78.9 Å². The van der Waals surface area contributed by atoms with E-state index in [1.165, 1.54) is 83.5 Å². The van der Waals surface area contributed by atoms with E-state index in [4.69, 9.17) is 14.2 Å². The lowest BCUT2D eigenvalue weighted by Crippen LogP contribution is -2.30. The van der Waals surface area contributed by atoms with E-state index in [0.717, 1.165) is 141 Å². The molecule has 0 N–H and O–H groups in total. The molecule has 0 aliphatic heterocycles. The van der Waals surface area contributed by atoms with Crippen molar-refractivity contribution in [1.82, 2.24) is 0 Å². The summed E-state index contributed by atoms with van der Waals surface area (Å²) in [5.41, 5.74) is 0. The number of esters is 3. The second-order valence-corrected chi connectivity index (χ2v) is 19.8. The largest absolute Gasteiger partial charge is 0.462 e. The normalized spacial score (nSPS) is 13.1. The fourth-order valence-corrected chi connectivity index (χ4v) is 8.08. The molecule has 0 fully saturated rings. The highest BCUT2D eigenvalue weighted by Gasteiger charge is 2.19. The Morgan fingerprint density at radius 3 is 0.827 bits per heavy atom. The second kappa shape index (κ2) is 62.1. The van der Waals surface area contributed by atoms with E-state index in [0.29, 0.717) is 19.3 Å². The highest BCUT2D eigenvalue weighted by Crippen LogP contribution is 2.14. The van der Waals surface area contributed by atoms with Gasteiger partial charge in [-0.2, -0.15) is 0 Å².